The maximum atomic E-state index is 12.3. The van der Waals surface area contributed by atoms with E-state index < -0.39 is 6.36 Å². The molecule has 1 aromatic heterocycles. The number of ether oxygens (including phenoxy) is 2. The van der Waals surface area contributed by atoms with Gasteiger partial charge >= 0.3 is 6.36 Å². The summed E-state index contributed by atoms with van der Waals surface area (Å²) < 4.78 is 46.6. The van der Waals surface area contributed by atoms with Crippen molar-refractivity contribution >= 4 is 11.6 Å². The van der Waals surface area contributed by atoms with Gasteiger partial charge in [0, 0.05) is 12.4 Å². The van der Waals surface area contributed by atoms with Crippen molar-refractivity contribution in [2.24, 2.45) is 0 Å². The van der Waals surface area contributed by atoms with Gasteiger partial charge in [0.15, 0.2) is 11.5 Å². The number of halogens is 4. The van der Waals surface area contributed by atoms with Crippen molar-refractivity contribution in [2.75, 3.05) is 13.2 Å². The highest BCUT2D eigenvalue weighted by Crippen LogP contribution is 2.35. The number of hydrogen-bond donors (Lipinski definition) is 0. The molecule has 0 unspecified atom stereocenters. The van der Waals surface area contributed by atoms with Crippen LogP contribution < -0.4 is 14.3 Å². The number of nitrogens with zero attached hydrogens (tertiary/aromatic N) is 3. The summed E-state index contributed by atoms with van der Waals surface area (Å²) >= 11 is 5.81. The Kier molecular flexibility index (Phi) is 5.65. The van der Waals surface area contributed by atoms with Gasteiger partial charge in [-0.15, -0.1) is 18.2 Å². The molecule has 156 valence electrons. The molecule has 3 aromatic rings. The van der Waals surface area contributed by atoms with E-state index in [2.05, 4.69) is 14.7 Å². The summed E-state index contributed by atoms with van der Waals surface area (Å²) in [5.41, 5.74) is 1.45. The summed E-state index contributed by atoms with van der Waals surface area (Å²) in [6.07, 6.45) is -1.71. The van der Waals surface area contributed by atoms with Crippen molar-refractivity contribution < 1.29 is 27.5 Å². The van der Waals surface area contributed by atoms with Crippen LogP contribution in [0, 0.1) is 0 Å². The molecule has 0 saturated heterocycles. The van der Waals surface area contributed by atoms with Gasteiger partial charge in [0.05, 0.1) is 18.1 Å². The van der Waals surface area contributed by atoms with Gasteiger partial charge in [0.1, 0.15) is 18.2 Å². The average molecular weight is 438 g/mol. The summed E-state index contributed by atoms with van der Waals surface area (Å²) in [6.45, 7) is 1.22. The number of alkyl halides is 3. The molecular formula is C20H15ClF3N3O3. The Morgan fingerprint density at radius 1 is 1.00 bits per heavy atom. The van der Waals surface area contributed by atoms with E-state index >= 15 is 0 Å². The van der Waals surface area contributed by atoms with Gasteiger partial charge in [-0.25, -0.2) is 9.97 Å². The van der Waals surface area contributed by atoms with E-state index in [4.69, 9.17) is 21.2 Å². The van der Waals surface area contributed by atoms with Crippen molar-refractivity contribution in [1.82, 2.24) is 15.0 Å². The minimum atomic E-state index is -4.73. The van der Waals surface area contributed by atoms with Gasteiger partial charge in [0.25, 0.3) is 0 Å². The SMILES string of the molecule is FC(F)(F)Oc1ccc(-c2ccc3c(c2)ON(Cc2ncc(Cl)cn2)CCO3)cc1. The maximum Gasteiger partial charge on any atom is 0.573 e. The van der Waals surface area contributed by atoms with Crippen LogP contribution in [0.15, 0.2) is 54.9 Å². The minimum absolute atomic E-state index is 0.283. The average Bonchev–Trinajstić information content (AvgIpc) is 2.90. The molecule has 1 aliphatic heterocycles. The Bertz CT molecular complexity index is 1010. The van der Waals surface area contributed by atoms with Crippen LogP contribution in [0.25, 0.3) is 11.1 Å². The normalized spacial score (nSPS) is 14.3. The third-order valence-electron chi connectivity index (χ3n) is 4.18. The molecule has 0 atom stereocenters. The van der Waals surface area contributed by atoms with Crippen molar-refractivity contribution in [1.29, 1.82) is 0 Å². The standard InChI is InChI=1S/C20H15ClF3N3O3/c21-15-10-25-19(26-11-15)12-27-7-8-28-17-6-3-14(9-18(17)30-27)13-1-4-16(5-2-13)29-20(22,23)24/h1-6,9-11H,7-8,12H2. The number of fused-ring (bicyclic) bond motifs is 1. The first-order chi connectivity index (χ1) is 14.4. The molecule has 10 heteroatoms. The summed E-state index contributed by atoms with van der Waals surface area (Å²) in [6, 6.07) is 10.9. The molecule has 6 nitrogen and oxygen atoms in total. The summed E-state index contributed by atoms with van der Waals surface area (Å²) in [4.78, 5) is 14.3. The van der Waals surface area contributed by atoms with Crippen LogP contribution in [0.3, 0.4) is 0 Å². The van der Waals surface area contributed by atoms with Crippen LogP contribution in [-0.4, -0.2) is 34.5 Å². The Morgan fingerprint density at radius 2 is 1.70 bits per heavy atom. The third kappa shape index (κ3) is 5.11. The molecule has 0 radical (unpaired) electrons. The Hall–Kier alpha value is -3.04. The summed E-state index contributed by atoms with van der Waals surface area (Å²) in [7, 11) is 0. The van der Waals surface area contributed by atoms with E-state index in [1.54, 1.807) is 35.4 Å². The molecule has 1 aliphatic rings. The first-order valence-electron chi connectivity index (χ1n) is 8.88. The van der Waals surface area contributed by atoms with Gasteiger partial charge in [0.2, 0.25) is 0 Å². The second-order valence-corrected chi connectivity index (χ2v) is 6.79. The highest BCUT2D eigenvalue weighted by molar-refractivity contribution is 6.30. The zero-order valence-electron chi connectivity index (χ0n) is 15.4. The number of rotatable bonds is 4. The molecule has 0 aliphatic carbocycles. The lowest BCUT2D eigenvalue weighted by atomic mass is 10.1. The first kappa shape index (κ1) is 20.2. The fraction of sp³-hybridized carbons (Fsp3) is 0.200. The van der Waals surface area contributed by atoms with Crippen LogP contribution >= 0.6 is 11.6 Å². The van der Waals surface area contributed by atoms with Gasteiger partial charge in [-0.3, -0.25) is 0 Å². The van der Waals surface area contributed by atoms with Gasteiger partial charge in [-0.2, -0.15) is 0 Å². The second kappa shape index (κ2) is 8.37. The fourth-order valence-electron chi connectivity index (χ4n) is 2.86. The van der Waals surface area contributed by atoms with E-state index in [0.29, 0.717) is 47.6 Å². The Morgan fingerprint density at radius 3 is 2.40 bits per heavy atom. The van der Waals surface area contributed by atoms with E-state index in [1.165, 1.54) is 24.5 Å². The van der Waals surface area contributed by atoms with Crippen molar-refractivity contribution in [2.45, 2.75) is 12.9 Å². The highest BCUT2D eigenvalue weighted by Gasteiger charge is 2.31. The minimum Gasteiger partial charge on any atom is -0.488 e. The van der Waals surface area contributed by atoms with Crippen LogP contribution in [0.2, 0.25) is 5.02 Å². The zero-order chi connectivity index (χ0) is 21.1. The number of hydroxylamine groups is 2. The predicted molar refractivity (Wildman–Crippen MR) is 102 cm³/mol. The third-order valence-corrected chi connectivity index (χ3v) is 4.38. The number of benzene rings is 2. The van der Waals surface area contributed by atoms with Crippen LogP contribution in [0.5, 0.6) is 17.2 Å². The van der Waals surface area contributed by atoms with E-state index in [0.717, 1.165) is 5.56 Å². The van der Waals surface area contributed by atoms with E-state index in [1.807, 2.05) is 0 Å². The van der Waals surface area contributed by atoms with E-state index in [9.17, 15) is 13.2 Å². The lowest BCUT2D eigenvalue weighted by molar-refractivity contribution is -0.274. The molecule has 2 heterocycles. The highest BCUT2D eigenvalue weighted by atomic mass is 35.5. The quantitative estimate of drug-likeness (QED) is 0.579. The topological polar surface area (TPSA) is 56.7 Å². The summed E-state index contributed by atoms with van der Waals surface area (Å²) in [5, 5.41) is 2.11. The lowest BCUT2D eigenvalue weighted by Crippen LogP contribution is -2.30. The van der Waals surface area contributed by atoms with Crippen molar-refractivity contribution in [3.05, 3.63) is 65.7 Å². The molecule has 0 bridgehead atoms. The molecule has 0 spiro atoms. The molecule has 30 heavy (non-hydrogen) atoms. The molecule has 0 saturated carbocycles. The van der Waals surface area contributed by atoms with Crippen molar-refractivity contribution in [3.63, 3.8) is 0 Å². The monoisotopic (exact) mass is 437 g/mol. The maximum absolute atomic E-state index is 12.3. The van der Waals surface area contributed by atoms with Gasteiger partial charge in [-0.05, 0) is 35.4 Å². The molecular weight excluding hydrogens is 423 g/mol. The fourth-order valence-corrected chi connectivity index (χ4v) is 2.96. The molecule has 4 rings (SSSR count). The molecule has 2 aromatic carbocycles. The van der Waals surface area contributed by atoms with Crippen LogP contribution in [0.1, 0.15) is 5.82 Å². The van der Waals surface area contributed by atoms with E-state index in [-0.39, 0.29) is 5.75 Å². The molecule has 0 fully saturated rings. The Labute approximate surface area is 174 Å². The number of aromatic nitrogens is 2. The summed E-state index contributed by atoms with van der Waals surface area (Å²) in [5.74, 6) is 1.30. The largest absolute Gasteiger partial charge is 0.573 e. The predicted octanol–water partition coefficient (Wildman–Crippen LogP) is 4.88. The number of hydrogen-bond acceptors (Lipinski definition) is 6. The zero-order valence-corrected chi connectivity index (χ0v) is 16.2. The lowest BCUT2D eigenvalue weighted by Gasteiger charge is -2.19. The Balaban J connectivity index is 1.52. The van der Waals surface area contributed by atoms with Crippen LogP contribution in [-0.2, 0) is 6.54 Å². The van der Waals surface area contributed by atoms with Crippen LogP contribution in [0.4, 0.5) is 13.2 Å². The first-order valence-corrected chi connectivity index (χ1v) is 9.26. The van der Waals surface area contributed by atoms with Crippen molar-refractivity contribution in [3.8, 4) is 28.4 Å². The van der Waals surface area contributed by atoms with Gasteiger partial charge in [-0.1, -0.05) is 29.8 Å². The second-order valence-electron chi connectivity index (χ2n) is 6.35. The van der Waals surface area contributed by atoms with Gasteiger partial charge < -0.3 is 14.3 Å². The smallest absolute Gasteiger partial charge is 0.488 e. The molecule has 0 amide bonds. The molecule has 0 N–H and O–H groups in total.